The van der Waals surface area contributed by atoms with Gasteiger partial charge in [-0.15, -0.1) is 0 Å². The predicted molar refractivity (Wildman–Crippen MR) is 131 cm³/mol. The minimum Gasteiger partial charge on any atom is -0.492 e. The molecule has 2 N–H and O–H groups in total. The smallest absolute Gasteiger partial charge is 0.436 e. The molecule has 1 unspecified atom stereocenters. The molecule has 1 aliphatic rings. The third-order valence-electron chi connectivity index (χ3n) is 6.18. The maximum Gasteiger partial charge on any atom is 0.436 e. The summed E-state index contributed by atoms with van der Waals surface area (Å²) in [7, 11) is -3.93. The van der Waals surface area contributed by atoms with Gasteiger partial charge >= 0.3 is 7.75 Å². The summed E-state index contributed by atoms with van der Waals surface area (Å²) in [6.45, 7) is 0.747. The van der Waals surface area contributed by atoms with Gasteiger partial charge in [0.05, 0.1) is 19.0 Å². The van der Waals surface area contributed by atoms with Crippen LogP contribution in [0.2, 0.25) is 5.02 Å². The lowest BCUT2D eigenvalue weighted by Crippen LogP contribution is -2.24. The van der Waals surface area contributed by atoms with E-state index in [4.69, 9.17) is 20.9 Å². The highest BCUT2D eigenvalue weighted by Crippen LogP contribution is 2.48. The number of nitrogens with zero attached hydrogens (tertiary/aromatic N) is 4. The Hall–Kier alpha value is -2.91. The first-order valence-electron chi connectivity index (χ1n) is 11.4. The van der Waals surface area contributed by atoms with Crippen LogP contribution in [0.1, 0.15) is 37.4 Å². The second-order valence-corrected chi connectivity index (χ2v) is 10.6. The van der Waals surface area contributed by atoms with Crippen LogP contribution in [0.5, 0.6) is 5.75 Å². The van der Waals surface area contributed by atoms with Gasteiger partial charge in [0.1, 0.15) is 18.2 Å². The summed E-state index contributed by atoms with van der Waals surface area (Å²) in [5, 5.41) is 0.628. The van der Waals surface area contributed by atoms with Gasteiger partial charge in [0.2, 0.25) is 0 Å². The predicted octanol–water partition coefficient (Wildman–Crippen LogP) is 4.35. The average Bonchev–Trinajstić information content (AvgIpc) is 3.51. The Bertz CT molecular complexity index is 1390. The Balaban J connectivity index is 1.31. The summed E-state index contributed by atoms with van der Waals surface area (Å²) in [4.78, 5) is 34.5. The van der Waals surface area contributed by atoms with Crippen LogP contribution < -0.4 is 10.3 Å². The Morgan fingerprint density at radius 3 is 2.57 bits per heavy atom. The van der Waals surface area contributed by atoms with E-state index in [0.717, 1.165) is 5.82 Å². The average molecular weight is 518 g/mol. The first-order chi connectivity index (χ1) is 16.9. The number of hydrogen-bond acceptors (Lipinski definition) is 6. The van der Waals surface area contributed by atoms with Crippen LogP contribution in [-0.2, 0) is 15.6 Å². The molecule has 35 heavy (non-hydrogen) atoms. The van der Waals surface area contributed by atoms with Crippen molar-refractivity contribution in [3.05, 3.63) is 76.3 Å². The molecule has 0 amide bonds. The molecule has 0 saturated heterocycles. The van der Waals surface area contributed by atoms with Crippen LogP contribution in [0.3, 0.4) is 0 Å². The third-order valence-corrected chi connectivity index (χ3v) is 7.85. The lowest BCUT2D eigenvalue weighted by atomic mass is 9.87. The zero-order valence-corrected chi connectivity index (χ0v) is 20.4. The van der Waals surface area contributed by atoms with Crippen molar-refractivity contribution in [2.45, 2.75) is 44.2 Å². The van der Waals surface area contributed by atoms with E-state index in [9.17, 15) is 14.3 Å². The van der Waals surface area contributed by atoms with Crippen LogP contribution in [-0.4, -0.2) is 41.5 Å². The summed E-state index contributed by atoms with van der Waals surface area (Å²) in [6, 6.07) is 10.5. The number of halogens is 1. The Labute approximate surface area is 206 Å². The maximum absolute atomic E-state index is 12.6. The van der Waals surface area contributed by atoms with Crippen molar-refractivity contribution in [2.75, 3.05) is 6.61 Å². The van der Waals surface area contributed by atoms with Crippen LogP contribution >= 0.6 is 19.3 Å². The number of benzene rings is 1. The van der Waals surface area contributed by atoms with E-state index < -0.39 is 7.75 Å². The highest BCUT2D eigenvalue weighted by Gasteiger charge is 2.32. The van der Waals surface area contributed by atoms with Gasteiger partial charge < -0.3 is 19.2 Å². The van der Waals surface area contributed by atoms with E-state index in [1.54, 1.807) is 36.4 Å². The van der Waals surface area contributed by atoms with E-state index in [1.165, 1.54) is 23.1 Å². The fourth-order valence-electron chi connectivity index (χ4n) is 4.48. The number of H-pyrrole nitrogens is 1. The number of nitrogens with one attached hydrogen (secondary N) is 1. The molecule has 1 fully saturated rings. The number of aromatic nitrogens is 5. The zero-order valence-electron chi connectivity index (χ0n) is 18.8. The molecule has 0 aliphatic heterocycles. The molecule has 1 aliphatic carbocycles. The minimum absolute atomic E-state index is 0.0589. The molecule has 1 aromatic carbocycles. The standard InChI is InChI=1S/C23H25ClN5O5P/c24-17-5-9-18(10-6-17)33-14-13-29-20-21(25-15-26-23(20)30)27-22(29)16-3-7-19(8-4-16)34-35(31,32)28-11-1-2-12-28/h1-2,5-6,9-12,15-16,19H,3-4,7-8,13-14H2,(H,31,32)(H,25,26,30). The molecular weight excluding hydrogens is 493 g/mol. The molecule has 0 radical (unpaired) electrons. The van der Waals surface area contributed by atoms with Crippen molar-refractivity contribution < 1.29 is 18.7 Å². The van der Waals surface area contributed by atoms with E-state index in [2.05, 4.69) is 15.0 Å². The quantitative estimate of drug-likeness (QED) is 0.333. The molecule has 3 heterocycles. The van der Waals surface area contributed by atoms with Crippen molar-refractivity contribution in [3.63, 3.8) is 0 Å². The number of hydrogen-bond donors (Lipinski definition) is 2. The highest BCUT2D eigenvalue weighted by atomic mass is 35.5. The first-order valence-corrected chi connectivity index (χ1v) is 13.3. The molecule has 1 atom stereocenters. The van der Waals surface area contributed by atoms with Gasteiger partial charge in [-0.3, -0.25) is 13.7 Å². The first kappa shape index (κ1) is 23.8. The van der Waals surface area contributed by atoms with Crippen molar-refractivity contribution in [3.8, 4) is 5.75 Å². The summed E-state index contributed by atoms with van der Waals surface area (Å²) in [5.41, 5.74) is 0.541. The number of ether oxygens (including phenoxy) is 1. The number of rotatable bonds is 8. The molecule has 10 nitrogen and oxygen atoms in total. The topological polar surface area (TPSA) is 124 Å². The summed E-state index contributed by atoms with van der Waals surface area (Å²) in [6.07, 6.45) is 6.66. The Morgan fingerprint density at radius 1 is 1.14 bits per heavy atom. The highest BCUT2D eigenvalue weighted by molar-refractivity contribution is 7.51. The second kappa shape index (κ2) is 9.99. The van der Waals surface area contributed by atoms with E-state index in [1.807, 2.05) is 4.57 Å². The molecule has 184 valence electrons. The molecule has 4 aromatic rings. The Morgan fingerprint density at radius 2 is 1.86 bits per heavy atom. The zero-order chi connectivity index (χ0) is 24.4. The number of imidazole rings is 1. The summed E-state index contributed by atoms with van der Waals surface area (Å²) in [5.74, 6) is 1.50. The fourth-order valence-corrected chi connectivity index (χ4v) is 5.81. The number of aromatic amines is 1. The van der Waals surface area contributed by atoms with Gasteiger partial charge in [0, 0.05) is 23.3 Å². The van der Waals surface area contributed by atoms with Gasteiger partial charge in [-0.05, 0) is 62.1 Å². The van der Waals surface area contributed by atoms with Crippen molar-refractivity contribution in [2.24, 2.45) is 0 Å². The van der Waals surface area contributed by atoms with Crippen LogP contribution in [0.4, 0.5) is 0 Å². The third kappa shape index (κ3) is 5.21. The SMILES string of the molecule is O=c1[nH]cnc2nc(C3CCC(OP(=O)(O)n4cccc4)CC3)n(CCOc3ccc(Cl)cc3)c12. The van der Waals surface area contributed by atoms with Gasteiger partial charge in [-0.25, -0.2) is 14.5 Å². The lowest BCUT2D eigenvalue weighted by molar-refractivity contribution is 0.123. The lowest BCUT2D eigenvalue weighted by Gasteiger charge is -2.29. The minimum atomic E-state index is -3.93. The molecule has 0 bridgehead atoms. The Kier molecular flexibility index (Phi) is 6.80. The van der Waals surface area contributed by atoms with E-state index in [0.29, 0.717) is 60.8 Å². The largest absolute Gasteiger partial charge is 0.492 e. The van der Waals surface area contributed by atoms with Crippen LogP contribution in [0, 0.1) is 0 Å². The van der Waals surface area contributed by atoms with Crippen LogP contribution in [0.15, 0.2) is 59.9 Å². The summed E-state index contributed by atoms with van der Waals surface area (Å²) < 4.78 is 27.1. The van der Waals surface area contributed by atoms with Gasteiger partial charge in [-0.2, -0.15) is 0 Å². The van der Waals surface area contributed by atoms with Crippen molar-refractivity contribution >= 4 is 30.5 Å². The van der Waals surface area contributed by atoms with Crippen LogP contribution in [0.25, 0.3) is 11.2 Å². The summed E-state index contributed by atoms with van der Waals surface area (Å²) >= 11 is 5.94. The van der Waals surface area contributed by atoms with Gasteiger partial charge in [-0.1, -0.05) is 11.6 Å². The molecule has 0 spiro atoms. The molecule has 12 heteroatoms. The normalized spacial score (nSPS) is 20.1. The maximum atomic E-state index is 12.6. The molecule has 1 saturated carbocycles. The molecular formula is C23H25ClN5O5P. The van der Waals surface area contributed by atoms with E-state index in [-0.39, 0.29) is 17.6 Å². The second-order valence-electron chi connectivity index (χ2n) is 8.46. The van der Waals surface area contributed by atoms with Gasteiger partial charge in [0.15, 0.2) is 11.2 Å². The monoisotopic (exact) mass is 517 g/mol. The van der Waals surface area contributed by atoms with Crippen molar-refractivity contribution in [1.82, 2.24) is 23.9 Å². The fraction of sp³-hybridized carbons (Fsp3) is 0.348. The molecule has 3 aromatic heterocycles. The van der Waals surface area contributed by atoms with Gasteiger partial charge in [0.25, 0.3) is 5.56 Å². The van der Waals surface area contributed by atoms with Crippen molar-refractivity contribution in [1.29, 1.82) is 0 Å². The van der Waals surface area contributed by atoms with E-state index >= 15 is 0 Å². The molecule has 5 rings (SSSR count). The number of fused-ring (bicyclic) bond motifs is 1.